The molecule has 1 aromatic carbocycles. The number of nitrogens with zero attached hydrogens (tertiary/aromatic N) is 2. The molecule has 0 unspecified atom stereocenters. The van der Waals surface area contributed by atoms with Crippen LogP contribution in [0.4, 0.5) is 5.82 Å². The molecule has 1 saturated carbocycles. The zero-order chi connectivity index (χ0) is 16.6. The number of carbonyl (C=O) groups is 1. The molecule has 1 aromatic heterocycles. The maximum absolute atomic E-state index is 12.8. The van der Waals surface area contributed by atoms with Gasteiger partial charge in [-0.3, -0.25) is 4.79 Å². The number of amides is 1. The molecule has 2 N–H and O–H groups in total. The molecule has 2 heterocycles. The number of fused-ring (bicyclic) bond motifs is 1. The molecule has 5 heteroatoms. The van der Waals surface area contributed by atoms with Crippen LogP contribution < -0.4 is 10.2 Å². The number of aromatic nitrogens is 1. The Bertz CT molecular complexity index is 764. The molecule has 1 amide bonds. The molecule has 0 bridgehead atoms. The lowest BCUT2D eigenvalue weighted by molar-refractivity contribution is -0.0300. The van der Waals surface area contributed by atoms with E-state index >= 15 is 0 Å². The van der Waals surface area contributed by atoms with Gasteiger partial charge in [0.2, 0.25) is 0 Å². The predicted octanol–water partition coefficient (Wildman–Crippen LogP) is 2.48. The fourth-order valence-electron chi connectivity index (χ4n) is 3.54. The molecule has 1 saturated heterocycles. The lowest BCUT2D eigenvalue weighted by Gasteiger charge is -2.36. The molecule has 0 spiro atoms. The van der Waals surface area contributed by atoms with Crippen molar-refractivity contribution in [2.45, 2.75) is 37.7 Å². The Morgan fingerprint density at radius 2 is 1.96 bits per heavy atom. The minimum atomic E-state index is -0.715. The summed E-state index contributed by atoms with van der Waals surface area (Å²) in [5.74, 6) is 0.625. The van der Waals surface area contributed by atoms with E-state index in [0.29, 0.717) is 12.1 Å². The van der Waals surface area contributed by atoms with E-state index in [-0.39, 0.29) is 5.91 Å². The molecule has 0 atom stereocenters. The fraction of sp³-hybridized carbons (Fsp3) is 0.474. The van der Waals surface area contributed by atoms with Crippen molar-refractivity contribution in [2.75, 3.05) is 24.5 Å². The lowest BCUT2D eigenvalue weighted by atomic mass is 9.80. The quantitative estimate of drug-likeness (QED) is 0.906. The summed E-state index contributed by atoms with van der Waals surface area (Å²) < 4.78 is 0. The standard InChI is InChI=1S/C19H23N3O2/c23-18(20-13-19(24)8-5-9-19)15-12-14-6-1-2-7-16(14)21-17(15)22-10-3-4-11-22/h1-2,6-7,12,24H,3-5,8-11,13H2,(H,20,23). The maximum Gasteiger partial charge on any atom is 0.255 e. The number of para-hydroxylation sites is 1. The Kier molecular flexibility index (Phi) is 3.88. The Labute approximate surface area is 141 Å². The highest BCUT2D eigenvalue weighted by Gasteiger charge is 2.35. The van der Waals surface area contributed by atoms with Crippen molar-refractivity contribution in [1.82, 2.24) is 10.3 Å². The minimum Gasteiger partial charge on any atom is -0.388 e. The second-order valence-corrected chi connectivity index (χ2v) is 7.01. The molecule has 2 fully saturated rings. The van der Waals surface area contributed by atoms with Crippen molar-refractivity contribution in [3.8, 4) is 0 Å². The van der Waals surface area contributed by atoms with Crippen LogP contribution in [0.25, 0.3) is 10.9 Å². The zero-order valence-electron chi connectivity index (χ0n) is 13.8. The third-order valence-electron chi connectivity index (χ3n) is 5.22. The Morgan fingerprint density at radius 3 is 2.67 bits per heavy atom. The van der Waals surface area contributed by atoms with Gasteiger partial charge in [-0.1, -0.05) is 18.2 Å². The van der Waals surface area contributed by atoms with Crippen LogP contribution in [-0.4, -0.2) is 41.2 Å². The first kappa shape index (κ1) is 15.4. The highest BCUT2D eigenvalue weighted by molar-refractivity contribution is 6.02. The summed E-state index contributed by atoms with van der Waals surface area (Å²) in [6.07, 6.45) is 4.83. The average Bonchev–Trinajstić information content (AvgIpc) is 3.11. The second-order valence-electron chi connectivity index (χ2n) is 7.01. The predicted molar refractivity (Wildman–Crippen MR) is 94.3 cm³/mol. The topological polar surface area (TPSA) is 65.5 Å². The van der Waals surface area contributed by atoms with E-state index in [9.17, 15) is 9.90 Å². The summed E-state index contributed by atoms with van der Waals surface area (Å²) in [5, 5.41) is 14.1. The molecule has 2 aromatic rings. The molecular weight excluding hydrogens is 302 g/mol. The van der Waals surface area contributed by atoms with Crippen LogP contribution in [0.1, 0.15) is 42.5 Å². The fourth-order valence-corrected chi connectivity index (χ4v) is 3.54. The maximum atomic E-state index is 12.8. The summed E-state index contributed by atoms with van der Waals surface area (Å²) in [6.45, 7) is 2.20. The van der Waals surface area contributed by atoms with Gasteiger partial charge in [-0.05, 0) is 44.2 Å². The minimum absolute atomic E-state index is 0.143. The van der Waals surface area contributed by atoms with Gasteiger partial charge < -0.3 is 15.3 Å². The first-order valence-corrected chi connectivity index (χ1v) is 8.80. The second kappa shape index (κ2) is 6.06. The van der Waals surface area contributed by atoms with E-state index in [2.05, 4.69) is 10.2 Å². The largest absolute Gasteiger partial charge is 0.388 e. The highest BCUT2D eigenvalue weighted by Crippen LogP contribution is 2.31. The molecule has 5 nitrogen and oxygen atoms in total. The van der Waals surface area contributed by atoms with Crippen LogP contribution in [-0.2, 0) is 0 Å². The highest BCUT2D eigenvalue weighted by atomic mass is 16.3. The van der Waals surface area contributed by atoms with E-state index < -0.39 is 5.60 Å². The van der Waals surface area contributed by atoms with Gasteiger partial charge >= 0.3 is 0 Å². The van der Waals surface area contributed by atoms with Crippen molar-refractivity contribution >= 4 is 22.6 Å². The van der Waals surface area contributed by atoms with Crippen LogP contribution in [0.3, 0.4) is 0 Å². The molecule has 24 heavy (non-hydrogen) atoms. The third-order valence-corrected chi connectivity index (χ3v) is 5.22. The van der Waals surface area contributed by atoms with E-state index in [0.717, 1.165) is 61.9 Å². The number of hydrogen-bond acceptors (Lipinski definition) is 4. The number of hydrogen-bond donors (Lipinski definition) is 2. The SMILES string of the molecule is O=C(NCC1(O)CCC1)c1cc2ccccc2nc1N1CCCC1. The zero-order valence-corrected chi connectivity index (χ0v) is 13.8. The van der Waals surface area contributed by atoms with Gasteiger partial charge in [-0.25, -0.2) is 4.98 Å². The first-order chi connectivity index (χ1) is 11.6. The van der Waals surface area contributed by atoms with Crippen molar-refractivity contribution in [3.63, 3.8) is 0 Å². The Balaban J connectivity index is 1.66. The Hall–Kier alpha value is -2.14. The Morgan fingerprint density at radius 1 is 1.21 bits per heavy atom. The summed E-state index contributed by atoms with van der Waals surface area (Å²) in [6, 6.07) is 9.81. The van der Waals surface area contributed by atoms with Crippen LogP contribution in [0.15, 0.2) is 30.3 Å². The van der Waals surface area contributed by atoms with E-state index in [1.807, 2.05) is 30.3 Å². The molecule has 1 aliphatic carbocycles. The number of benzene rings is 1. The van der Waals surface area contributed by atoms with Gasteiger partial charge in [-0.2, -0.15) is 0 Å². The van der Waals surface area contributed by atoms with Gasteiger partial charge in [0.1, 0.15) is 5.82 Å². The van der Waals surface area contributed by atoms with Crippen molar-refractivity contribution in [2.24, 2.45) is 0 Å². The average molecular weight is 325 g/mol. The number of nitrogens with one attached hydrogen (secondary N) is 1. The van der Waals surface area contributed by atoms with Gasteiger partial charge in [-0.15, -0.1) is 0 Å². The summed E-state index contributed by atoms with van der Waals surface area (Å²) in [4.78, 5) is 19.7. The summed E-state index contributed by atoms with van der Waals surface area (Å²) in [5.41, 5.74) is 0.806. The van der Waals surface area contributed by atoms with Crippen molar-refractivity contribution in [1.29, 1.82) is 0 Å². The van der Waals surface area contributed by atoms with E-state index in [1.165, 1.54) is 0 Å². The molecule has 1 aliphatic heterocycles. The molecule has 0 radical (unpaired) electrons. The van der Waals surface area contributed by atoms with Crippen LogP contribution in [0.2, 0.25) is 0 Å². The van der Waals surface area contributed by atoms with Crippen molar-refractivity contribution in [3.05, 3.63) is 35.9 Å². The normalized spacial score (nSPS) is 19.3. The van der Waals surface area contributed by atoms with Gasteiger partial charge in [0, 0.05) is 25.0 Å². The molecule has 4 rings (SSSR count). The van der Waals surface area contributed by atoms with E-state index in [1.54, 1.807) is 0 Å². The van der Waals surface area contributed by atoms with Crippen LogP contribution in [0.5, 0.6) is 0 Å². The third kappa shape index (κ3) is 2.84. The first-order valence-electron chi connectivity index (χ1n) is 8.80. The van der Waals surface area contributed by atoms with Gasteiger partial charge in [0.15, 0.2) is 0 Å². The van der Waals surface area contributed by atoms with Crippen LogP contribution >= 0.6 is 0 Å². The number of rotatable bonds is 4. The molecule has 2 aliphatic rings. The number of carbonyl (C=O) groups excluding carboxylic acids is 1. The van der Waals surface area contributed by atoms with Gasteiger partial charge in [0.25, 0.3) is 5.91 Å². The summed E-state index contributed by atoms with van der Waals surface area (Å²) in [7, 11) is 0. The smallest absolute Gasteiger partial charge is 0.255 e. The lowest BCUT2D eigenvalue weighted by Crippen LogP contribution is -2.48. The number of aliphatic hydroxyl groups is 1. The number of anilines is 1. The van der Waals surface area contributed by atoms with Gasteiger partial charge in [0.05, 0.1) is 16.7 Å². The number of pyridine rings is 1. The van der Waals surface area contributed by atoms with Crippen LogP contribution in [0, 0.1) is 0 Å². The van der Waals surface area contributed by atoms with E-state index in [4.69, 9.17) is 4.98 Å². The molecular formula is C19H23N3O2. The summed E-state index contributed by atoms with van der Waals surface area (Å²) >= 11 is 0. The molecule has 126 valence electrons. The van der Waals surface area contributed by atoms with Crippen molar-refractivity contribution < 1.29 is 9.90 Å². The monoisotopic (exact) mass is 325 g/mol.